The van der Waals surface area contributed by atoms with E-state index >= 15 is 0 Å². The molecule has 3 aromatic carbocycles. The number of hydrazine groups is 1. The highest BCUT2D eigenvalue weighted by Gasteiger charge is 1.86. The van der Waals surface area contributed by atoms with Gasteiger partial charge in [0, 0.05) is 5.69 Å². The van der Waals surface area contributed by atoms with Gasteiger partial charge in [-0.3, -0.25) is 5.84 Å². The molecular formula is C18H18N4. The van der Waals surface area contributed by atoms with E-state index in [4.69, 9.17) is 5.84 Å². The number of azo groups is 1. The van der Waals surface area contributed by atoms with Crippen molar-refractivity contribution in [2.45, 2.75) is 0 Å². The number of nitrogen functional groups attached to an aromatic ring is 1. The average Bonchev–Trinajstić information content (AvgIpc) is 2.63. The van der Waals surface area contributed by atoms with E-state index in [1.165, 1.54) is 0 Å². The Hall–Kier alpha value is -2.98. The summed E-state index contributed by atoms with van der Waals surface area (Å²) < 4.78 is 0. The van der Waals surface area contributed by atoms with Crippen LogP contribution >= 0.6 is 0 Å². The number of hydrogen-bond donors (Lipinski definition) is 2. The fraction of sp³-hybridized carbons (Fsp3) is 0. The minimum atomic E-state index is 0.872. The van der Waals surface area contributed by atoms with Gasteiger partial charge in [0.25, 0.3) is 0 Å². The molecule has 0 heterocycles. The maximum Gasteiger partial charge on any atom is 0.0857 e. The van der Waals surface area contributed by atoms with E-state index in [1.54, 1.807) is 0 Å². The number of hydrogen-bond acceptors (Lipinski definition) is 4. The number of para-hydroxylation sites is 1. The second-order valence-corrected chi connectivity index (χ2v) is 4.38. The lowest BCUT2D eigenvalue weighted by atomic mass is 10.3. The molecule has 110 valence electrons. The molecule has 0 aromatic heterocycles. The van der Waals surface area contributed by atoms with Gasteiger partial charge in [0.2, 0.25) is 0 Å². The number of benzene rings is 3. The molecule has 0 fully saturated rings. The van der Waals surface area contributed by atoms with Gasteiger partial charge in [-0.2, -0.15) is 10.2 Å². The first-order chi connectivity index (χ1) is 10.9. The predicted octanol–water partition coefficient (Wildman–Crippen LogP) is 5.07. The van der Waals surface area contributed by atoms with Crippen molar-refractivity contribution in [3.8, 4) is 0 Å². The van der Waals surface area contributed by atoms with Gasteiger partial charge in [-0.25, -0.2) is 0 Å². The Kier molecular flexibility index (Phi) is 6.34. The van der Waals surface area contributed by atoms with Crippen molar-refractivity contribution in [2.24, 2.45) is 16.1 Å². The van der Waals surface area contributed by atoms with Gasteiger partial charge in [-0.1, -0.05) is 54.6 Å². The monoisotopic (exact) mass is 290 g/mol. The van der Waals surface area contributed by atoms with Crippen molar-refractivity contribution in [3.05, 3.63) is 91.0 Å². The normalized spacial score (nSPS) is 9.86. The lowest BCUT2D eigenvalue weighted by Gasteiger charge is -1.94. The van der Waals surface area contributed by atoms with Crippen LogP contribution in [0.3, 0.4) is 0 Å². The molecule has 0 saturated carbocycles. The summed E-state index contributed by atoms with van der Waals surface area (Å²) in [5, 5.41) is 8.20. The standard InChI is InChI=1S/C12H10N2.C6H8N2/c1-3-7-11(8-4-1)13-14-12-9-5-2-6-10-12;7-8-6-4-2-1-3-5-6/h1-10H;1-5,8H,7H2. The topological polar surface area (TPSA) is 62.8 Å². The van der Waals surface area contributed by atoms with Crippen LogP contribution in [0.2, 0.25) is 0 Å². The third-order valence-electron chi connectivity index (χ3n) is 2.73. The minimum Gasteiger partial charge on any atom is -0.324 e. The lowest BCUT2D eigenvalue weighted by molar-refractivity contribution is 1.23. The third kappa shape index (κ3) is 5.56. The maximum atomic E-state index is 5.10. The molecule has 4 heteroatoms. The molecule has 0 aliphatic heterocycles. The highest BCUT2D eigenvalue weighted by Crippen LogP contribution is 2.16. The van der Waals surface area contributed by atoms with Crippen LogP contribution in [0.1, 0.15) is 0 Å². The molecule has 4 nitrogen and oxygen atoms in total. The summed E-state index contributed by atoms with van der Waals surface area (Å²) in [5.41, 5.74) is 5.21. The molecule has 22 heavy (non-hydrogen) atoms. The summed E-state index contributed by atoms with van der Waals surface area (Å²) in [7, 11) is 0. The van der Waals surface area contributed by atoms with E-state index in [-0.39, 0.29) is 0 Å². The molecule has 0 saturated heterocycles. The molecule has 3 aromatic rings. The van der Waals surface area contributed by atoms with Crippen molar-refractivity contribution in [2.75, 3.05) is 5.43 Å². The Morgan fingerprint density at radius 1 is 0.545 bits per heavy atom. The average molecular weight is 290 g/mol. The zero-order valence-electron chi connectivity index (χ0n) is 12.1. The first-order valence-corrected chi connectivity index (χ1v) is 6.92. The third-order valence-corrected chi connectivity index (χ3v) is 2.73. The van der Waals surface area contributed by atoms with Gasteiger partial charge in [0.1, 0.15) is 0 Å². The van der Waals surface area contributed by atoms with Crippen LogP contribution in [0.5, 0.6) is 0 Å². The van der Waals surface area contributed by atoms with Gasteiger partial charge in [0.05, 0.1) is 11.4 Å². The number of rotatable bonds is 3. The fourth-order valence-electron chi connectivity index (χ4n) is 1.64. The van der Waals surface area contributed by atoms with E-state index in [0.29, 0.717) is 0 Å². The van der Waals surface area contributed by atoms with E-state index in [0.717, 1.165) is 17.1 Å². The van der Waals surface area contributed by atoms with Gasteiger partial charge in [-0.15, -0.1) is 0 Å². The van der Waals surface area contributed by atoms with E-state index in [1.807, 2.05) is 91.0 Å². The van der Waals surface area contributed by atoms with Crippen molar-refractivity contribution in [3.63, 3.8) is 0 Å². The van der Waals surface area contributed by atoms with Crippen LogP contribution in [0, 0.1) is 0 Å². The number of nitrogens with zero attached hydrogens (tertiary/aromatic N) is 2. The van der Waals surface area contributed by atoms with Crippen molar-refractivity contribution in [1.82, 2.24) is 0 Å². The van der Waals surface area contributed by atoms with Gasteiger partial charge in [-0.05, 0) is 36.4 Å². The van der Waals surface area contributed by atoms with Crippen molar-refractivity contribution >= 4 is 17.1 Å². The summed E-state index contributed by atoms with van der Waals surface area (Å²) in [6.45, 7) is 0. The maximum absolute atomic E-state index is 5.10. The SMILES string of the molecule is NNc1ccccc1.c1ccc(N=Nc2ccccc2)cc1. The zero-order valence-corrected chi connectivity index (χ0v) is 12.1. The highest BCUT2D eigenvalue weighted by molar-refractivity contribution is 5.40. The van der Waals surface area contributed by atoms with Crippen LogP contribution in [-0.4, -0.2) is 0 Å². The Balaban J connectivity index is 0.000000188. The molecule has 0 aliphatic carbocycles. The largest absolute Gasteiger partial charge is 0.324 e. The fourth-order valence-corrected chi connectivity index (χ4v) is 1.64. The molecule has 0 radical (unpaired) electrons. The van der Waals surface area contributed by atoms with Gasteiger partial charge >= 0.3 is 0 Å². The van der Waals surface area contributed by atoms with Crippen molar-refractivity contribution in [1.29, 1.82) is 0 Å². The smallest absolute Gasteiger partial charge is 0.0857 e. The summed E-state index contributed by atoms with van der Waals surface area (Å²) in [6.07, 6.45) is 0. The number of nitrogens with two attached hydrogens (primary N) is 1. The molecule has 3 N–H and O–H groups in total. The molecule has 0 amide bonds. The molecule has 3 rings (SSSR count). The van der Waals surface area contributed by atoms with Crippen LogP contribution in [0.4, 0.5) is 17.1 Å². The first-order valence-electron chi connectivity index (χ1n) is 6.92. The van der Waals surface area contributed by atoms with E-state index in [9.17, 15) is 0 Å². The Morgan fingerprint density at radius 3 is 1.23 bits per heavy atom. The van der Waals surface area contributed by atoms with Gasteiger partial charge in [0.15, 0.2) is 0 Å². The molecule has 0 bridgehead atoms. The first kappa shape index (κ1) is 15.4. The lowest BCUT2D eigenvalue weighted by Crippen LogP contribution is -2.05. The summed E-state index contributed by atoms with van der Waals surface area (Å²) in [5.74, 6) is 5.10. The van der Waals surface area contributed by atoms with Crippen LogP contribution < -0.4 is 11.3 Å². The molecule has 0 atom stereocenters. The number of nitrogens with one attached hydrogen (secondary N) is 1. The molecule has 0 unspecified atom stereocenters. The summed E-state index contributed by atoms with van der Waals surface area (Å²) in [4.78, 5) is 0. The van der Waals surface area contributed by atoms with Crippen molar-refractivity contribution < 1.29 is 0 Å². The van der Waals surface area contributed by atoms with Gasteiger partial charge < -0.3 is 5.43 Å². The Labute approximate surface area is 130 Å². The predicted molar refractivity (Wildman–Crippen MR) is 91.3 cm³/mol. The Morgan fingerprint density at radius 2 is 0.909 bits per heavy atom. The second-order valence-electron chi connectivity index (χ2n) is 4.38. The summed E-state index contributed by atoms with van der Waals surface area (Å²) in [6, 6.07) is 29.0. The number of anilines is 1. The molecular weight excluding hydrogens is 272 g/mol. The van der Waals surface area contributed by atoms with Crippen LogP contribution in [0.25, 0.3) is 0 Å². The van der Waals surface area contributed by atoms with Crippen LogP contribution in [0.15, 0.2) is 101 Å². The summed E-state index contributed by atoms with van der Waals surface area (Å²) >= 11 is 0. The zero-order chi connectivity index (χ0) is 15.5. The quantitative estimate of drug-likeness (QED) is 0.401. The second kappa shape index (κ2) is 9.05. The Bertz CT molecular complexity index is 626. The van der Waals surface area contributed by atoms with E-state index < -0.39 is 0 Å². The highest BCUT2D eigenvalue weighted by atomic mass is 15.2. The van der Waals surface area contributed by atoms with E-state index in [2.05, 4.69) is 15.7 Å². The minimum absolute atomic E-state index is 0.872. The molecule has 0 spiro atoms. The molecule has 0 aliphatic rings. The van der Waals surface area contributed by atoms with Crippen LogP contribution in [-0.2, 0) is 0 Å².